The number of aromatic nitrogens is 2. The summed E-state index contributed by atoms with van der Waals surface area (Å²) >= 11 is 0. The number of hydrogen-bond donors (Lipinski definition) is 1. The normalized spacial score (nSPS) is 16.8. The number of hydrogen-bond acceptors (Lipinski definition) is 4. The summed E-state index contributed by atoms with van der Waals surface area (Å²) < 4.78 is 13.1. The van der Waals surface area contributed by atoms with Crippen LogP contribution >= 0.6 is 0 Å². The van der Waals surface area contributed by atoms with Crippen LogP contribution in [-0.2, 0) is 6.54 Å². The number of nitrogens with one attached hydrogen (secondary N) is 1. The maximum absolute atomic E-state index is 13.1. The molecule has 1 atom stereocenters. The average Bonchev–Trinajstić information content (AvgIpc) is 2.74. The van der Waals surface area contributed by atoms with E-state index in [1.807, 2.05) is 18.2 Å². The van der Waals surface area contributed by atoms with Crippen molar-refractivity contribution >= 4 is 11.8 Å². The van der Waals surface area contributed by atoms with Gasteiger partial charge in [-0.3, -0.25) is 0 Å². The third-order valence-electron chi connectivity index (χ3n) is 5.13. The van der Waals surface area contributed by atoms with Crippen molar-refractivity contribution < 1.29 is 4.39 Å². The van der Waals surface area contributed by atoms with Crippen LogP contribution in [0.3, 0.4) is 0 Å². The third kappa shape index (κ3) is 4.47. The van der Waals surface area contributed by atoms with Crippen molar-refractivity contribution in [3.8, 4) is 11.3 Å². The lowest BCUT2D eigenvalue weighted by Crippen LogP contribution is -2.35. The number of anilines is 2. The standard InChI is InChI=1S/C23H25FN4/c1-17-6-5-13-28(16-17)22-14-21(19-7-3-2-4-8-19)26-23(27-22)25-15-18-9-11-20(24)12-10-18/h2-4,7-12,14,17H,5-6,13,15-16H2,1H3,(H,25,26,27). The van der Waals surface area contributed by atoms with E-state index in [1.165, 1.54) is 25.0 Å². The predicted molar refractivity (Wildman–Crippen MR) is 112 cm³/mol. The van der Waals surface area contributed by atoms with Crippen LogP contribution in [-0.4, -0.2) is 23.1 Å². The van der Waals surface area contributed by atoms with Gasteiger partial charge in [0.2, 0.25) is 5.95 Å². The molecule has 0 saturated carbocycles. The summed E-state index contributed by atoms with van der Waals surface area (Å²) in [6.07, 6.45) is 2.45. The van der Waals surface area contributed by atoms with E-state index < -0.39 is 0 Å². The van der Waals surface area contributed by atoms with Crippen molar-refractivity contribution in [2.75, 3.05) is 23.3 Å². The molecule has 1 saturated heterocycles. The highest BCUT2D eigenvalue weighted by molar-refractivity contribution is 5.65. The molecule has 1 aliphatic heterocycles. The molecular formula is C23H25FN4. The van der Waals surface area contributed by atoms with Crippen molar-refractivity contribution in [2.24, 2.45) is 5.92 Å². The number of piperidine rings is 1. The van der Waals surface area contributed by atoms with Gasteiger partial charge in [0.15, 0.2) is 0 Å². The Kier molecular flexibility index (Phi) is 5.51. The summed E-state index contributed by atoms with van der Waals surface area (Å²) in [7, 11) is 0. The van der Waals surface area contributed by atoms with E-state index in [4.69, 9.17) is 9.97 Å². The van der Waals surface area contributed by atoms with Gasteiger partial charge < -0.3 is 10.2 Å². The second-order valence-electron chi connectivity index (χ2n) is 7.47. The maximum Gasteiger partial charge on any atom is 0.225 e. The predicted octanol–water partition coefficient (Wildman–Crippen LogP) is 5.13. The van der Waals surface area contributed by atoms with Gasteiger partial charge in [-0.2, -0.15) is 4.98 Å². The van der Waals surface area contributed by atoms with E-state index in [0.29, 0.717) is 18.4 Å². The Balaban J connectivity index is 1.62. The molecule has 0 amide bonds. The molecule has 144 valence electrons. The van der Waals surface area contributed by atoms with Crippen molar-refractivity contribution in [1.82, 2.24) is 9.97 Å². The fraction of sp³-hybridized carbons (Fsp3) is 0.304. The Hall–Kier alpha value is -2.95. The molecule has 1 N–H and O–H groups in total. The van der Waals surface area contributed by atoms with Crippen LogP contribution in [0.15, 0.2) is 60.7 Å². The second-order valence-corrected chi connectivity index (χ2v) is 7.47. The summed E-state index contributed by atoms with van der Waals surface area (Å²) in [6.45, 7) is 4.88. The smallest absolute Gasteiger partial charge is 0.225 e. The molecule has 0 aliphatic carbocycles. The minimum atomic E-state index is -0.229. The highest BCUT2D eigenvalue weighted by Gasteiger charge is 2.19. The first kappa shape index (κ1) is 18.4. The van der Waals surface area contributed by atoms with E-state index in [1.54, 1.807) is 12.1 Å². The topological polar surface area (TPSA) is 41.1 Å². The molecule has 2 heterocycles. The minimum absolute atomic E-state index is 0.229. The molecule has 4 nitrogen and oxygen atoms in total. The largest absolute Gasteiger partial charge is 0.356 e. The Morgan fingerprint density at radius 2 is 1.86 bits per heavy atom. The monoisotopic (exact) mass is 376 g/mol. The van der Waals surface area contributed by atoms with Crippen LogP contribution in [0.4, 0.5) is 16.2 Å². The van der Waals surface area contributed by atoms with E-state index in [9.17, 15) is 4.39 Å². The van der Waals surface area contributed by atoms with Gasteiger partial charge in [0.25, 0.3) is 0 Å². The van der Waals surface area contributed by atoms with Crippen molar-refractivity contribution in [2.45, 2.75) is 26.3 Å². The highest BCUT2D eigenvalue weighted by Crippen LogP contribution is 2.27. The average molecular weight is 376 g/mol. The van der Waals surface area contributed by atoms with E-state index in [0.717, 1.165) is 35.7 Å². The van der Waals surface area contributed by atoms with E-state index in [-0.39, 0.29) is 5.82 Å². The van der Waals surface area contributed by atoms with Crippen molar-refractivity contribution in [3.05, 3.63) is 72.0 Å². The molecule has 0 radical (unpaired) electrons. The summed E-state index contributed by atoms with van der Waals surface area (Å²) in [5.74, 6) is 1.99. The van der Waals surface area contributed by atoms with Crippen molar-refractivity contribution in [3.63, 3.8) is 0 Å². The van der Waals surface area contributed by atoms with Gasteiger partial charge in [-0.1, -0.05) is 49.4 Å². The van der Waals surface area contributed by atoms with Gasteiger partial charge in [-0.15, -0.1) is 0 Å². The van der Waals surface area contributed by atoms with Crippen LogP contribution in [0.25, 0.3) is 11.3 Å². The highest BCUT2D eigenvalue weighted by atomic mass is 19.1. The first-order chi connectivity index (χ1) is 13.7. The van der Waals surface area contributed by atoms with E-state index in [2.05, 4.69) is 35.3 Å². The Morgan fingerprint density at radius 1 is 1.07 bits per heavy atom. The Bertz CT molecular complexity index is 912. The van der Waals surface area contributed by atoms with Gasteiger partial charge in [0.05, 0.1) is 5.69 Å². The maximum atomic E-state index is 13.1. The molecule has 2 aromatic carbocycles. The van der Waals surface area contributed by atoms with E-state index >= 15 is 0 Å². The minimum Gasteiger partial charge on any atom is -0.356 e. The zero-order valence-electron chi connectivity index (χ0n) is 16.1. The molecule has 0 spiro atoms. The van der Waals surface area contributed by atoms with Crippen molar-refractivity contribution in [1.29, 1.82) is 0 Å². The number of rotatable bonds is 5. The molecule has 4 rings (SSSR count). The van der Waals surface area contributed by atoms with Crippen LogP contribution in [0.5, 0.6) is 0 Å². The zero-order chi connectivity index (χ0) is 19.3. The molecule has 1 aromatic heterocycles. The summed E-state index contributed by atoms with van der Waals surface area (Å²) in [5.41, 5.74) is 2.97. The SMILES string of the molecule is CC1CCCN(c2cc(-c3ccccc3)nc(NCc3ccc(F)cc3)n2)C1. The quantitative estimate of drug-likeness (QED) is 0.670. The Labute approximate surface area is 165 Å². The van der Waals surface area contributed by atoms with Gasteiger partial charge in [-0.25, -0.2) is 9.37 Å². The fourth-order valence-corrected chi connectivity index (χ4v) is 3.61. The van der Waals surface area contributed by atoms with Gasteiger partial charge in [0.1, 0.15) is 11.6 Å². The Morgan fingerprint density at radius 3 is 2.61 bits per heavy atom. The molecule has 1 fully saturated rings. The van der Waals surface area contributed by atoms with Gasteiger partial charge >= 0.3 is 0 Å². The lowest BCUT2D eigenvalue weighted by Gasteiger charge is -2.32. The van der Waals surface area contributed by atoms with Crippen LogP contribution < -0.4 is 10.2 Å². The van der Waals surface area contributed by atoms with Crippen LogP contribution in [0, 0.1) is 11.7 Å². The fourth-order valence-electron chi connectivity index (χ4n) is 3.61. The summed E-state index contributed by atoms with van der Waals surface area (Å²) in [4.78, 5) is 11.9. The van der Waals surface area contributed by atoms with Gasteiger partial charge in [-0.05, 0) is 36.5 Å². The number of benzene rings is 2. The molecule has 28 heavy (non-hydrogen) atoms. The first-order valence-corrected chi connectivity index (χ1v) is 9.85. The molecule has 3 aromatic rings. The first-order valence-electron chi connectivity index (χ1n) is 9.85. The van der Waals surface area contributed by atoms with Crippen LogP contribution in [0.2, 0.25) is 0 Å². The molecule has 1 unspecified atom stereocenters. The summed E-state index contributed by atoms with van der Waals surface area (Å²) in [6, 6.07) is 18.7. The molecule has 0 bridgehead atoms. The summed E-state index contributed by atoms with van der Waals surface area (Å²) in [5, 5.41) is 3.31. The molecule has 1 aliphatic rings. The lowest BCUT2D eigenvalue weighted by molar-refractivity contribution is 0.444. The van der Waals surface area contributed by atoms with Gasteiger partial charge in [0, 0.05) is 31.3 Å². The molecule has 5 heteroatoms. The lowest BCUT2D eigenvalue weighted by atomic mass is 10.0. The number of nitrogens with zero attached hydrogens (tertiary/aromatic N) is 3. The van der Waals surface area contributed by atoms with Crippen LogP contribution in [0.1, 0.15) is 25.3 Å². The number of halogens is 1. The molecular weight excluding hydrogens is 351 g/mol. The third-order valence-corrected chi connectivity index (χ3v) is 5.13. The second kappa shape index (κ2) is 8.38. The zero-order valence-corrected chi connectivity index (χ0v) is 16.1.